The van der Waals surface area contributed by atoms with Gasteiger partial charge in [-0.05, 0) is 0 Å². The lowest BCUT2D eigenvalue weighted by Gasteiger charge is -1.98. The number of rotatable bonds is 0. The van der Waals surface area contributed by atoms with Crippen LogP contribution in [-0.4, -0.2) is 25.2 Å². The minimum atomic E-state index is -0.728. The number of cyclic esters (lactones) is 1. The molecule has 1 fully saturated rings. The molecule has 5 nitrogen and oxygen atoms in total. The van der Waals surface area contributed by atoms with Crippen LogP contribution < -0.4 is 0 Å². The molecule has 1 aliphatic heterocycles. The number of esters is 1. The van der Waals surface area contributed by atoms with Crippen molar-refractivity contribution in [3.8, 4) is 0 Å². The summed E-state index contributed by atoms with van der Waals surface area (Å²) in [6, 6.07) is 0. The first-order chi connectivity index (χ1) is 5.70. The van der Waals surface area contributed by atoms with Gasteiger partial charge in [-0.25, -0.2) is 4.79 Å². The van der Waals surface area contributed by atoms with Crippen molar-refractivity contribution in [2.24, 2.45) is 0 Å². The fraction of sp³-hybridized carbons (Fsp3) is 0.429. The van der Waals surface area contributed by atoms with Crippen LogP contribution in [0, 0.1) is 0 Å². The number of carbonyl (C=O) groups excluding carboxylic acids is 2. The van der Waals surface area contributed by atoms with Crippen molar-refractivity contribution in [1.82, 2.24) is 0 Å². The molecule has 0 radical (unpaired) electrons. The first-order valence-electron chi connectivity index (χ1n) is 3.37. The van der Waals surface area contributed by atoms with Crippen molar-refractivity contribution in [3.63, 3.8) is 0 Å². The Bertz CT molecular complexity index is 220. The standard InChI is InChI=1S/C7H8O5/c1-5-4-6(8)10-2-3-11-12-7(5)9/h1-4H2. The van der Waals surface area contributed by atoms with E-state index in [4.69, 9.17) is 0 Å². The maximum atomic E-state index is 10.8. The molecule has 0 aliphatic carbocycles. The fourth-order valence-corrected chi connectivity index (χ4v) is 0.641. The Hall–Kier alpha value is -1.36. The highest BCUT2D eigenvalue weighted by Crippen LogP contribution is 2.05. The lowest BCUT2D eigenvalue weighted by Crippen LogP contribution is -2.09. The average Bonchev–Trinajstić information content (AvgIpc) is 2.07. The Balaban J connectivity index is 2.58. The van der Waals surface area contributed by atoms with Crippen LogP contribution in [0.5, 0.6) is 0 Å². The fourth-order valence-electron chi connectivity index (χ4n) is 0.641. The summed E-state index contributed by atoms with van der Waals surface area (Å²) in [7, 11) is 0. The first kappa shape index (κ1) is 8.73. The molecule has 1 saturated heterocycles. The molecule has 5 heteroatoms. The summed E-state index contributed by atoms with van der Waals surface area (Å²) in [5, 5.41) is 0. The largest absolute Gasteiger partial charge is 0.463 e. The Morgan fingerprint density at radius 2 is 2.00 bits per heavy atom. The zero-order valence-corrected chi connectivity index (χ0v) is 6.37. The van der Waals surface area contributed by atoms with Gasteiger partial charge < -0.3 is 4.74 Å². The molecule has 1 rings (SSSR count). The number of hydrogen-bond acceptors (Lipinski definition) is 5. The third-order valence-corrected chi connectivity index (χ3v) is 1.21. The Morgan fingerprint density at radius 3 is 2.75 bits per heavy atom. The third kappa shape index (κ3) is 2.35. The summed E-state index contributed by atoms with van der Waals surface area (Å²) in [6.45, 7) is 3.46. The van der Waals surface area contributed by atoms with E-state index in [0.717, 1.165) is 0 Å². The second kappa shape index (κ2) is 3.87. The predicted molar refractivity (Wildman–Crippen MR) is 36.8 cm³/mol. The average molecular weight is 172 g/mol. The highest BCUT2D eigenvalue weighted by molar-refractivity contribution is 5.92. The zero-order chi connectivity index (χ0) is 8.97. The van der Waals surface area contributed by atoms with E-state index in [1.54, 1.807) is 0 Å². The summed E-state index contributed by atoms with van der Waals surface area (Å²) in [6.07, 6.45) is -0.151. The van der Waals surface area contributed by atoms with Gasteiger partial charge in [0, 0.05) is 5.57 Å². The highest BCUT2D eigenvalue weighted by atomic mass is 17.2. The SMILES string of the molecule is C=C1CC(=O)OCCOOC1=O. The molecular formula is C7H8O5. The summed E-state index contributed by atoms with van der Waals surface area (Å²) < 4.78 is 4.62. The van der Waals surface area contributed by atoms with Gasteiger partial charge in [0.25, 0.3) is 0 Å². The van der Waals surface area contributed by atoms with E-state index in [9.17, 15) is 9.59 Å². The molecule has 0 N–H and O–H groups in total. The maximum absolute atomic E-state index is 10.8. The summed E-state index contributed by atoms with van der Waals surface area (Å²) in [5.74, 6) is -1.23. The van der Waals surface area contributed by atoms with Crippen molar-refractivity contribution < 1.29 is 24.1 Å². The van der Waals surface area contributed by atoms with Crippen molar-refractivity contribution in [2.45, 2.75) is 6.42 Å². The van der Waals surface area contributed by atoms with Gasteiger partial charge in [0.1, 0.15) is 13.2 Å². The molecule has 0 amide bonds. The molecule has 66 valence electrons. The van der Waals surface area contributed by atoms with Crippen molar-refractivity contribution in [2.75, 3.05) is 13.2 Å². The van der Waals surface area contributed by atoms with Crippen LogP contribution in [0.4, 0.5) is 0 Å². The van der Waals surface area contributed by atoms with Crippen LogP contribution in [0.15, 0.2) is 12.2 Å². The minimum absolute atomic E-state index is 0.0295. The van der Waals surface area contributed by atoms with Crippen LogP contribution >= 0.6 is 0 Å². The number of ether oxygens (including phenoxy) is 1. The molecule has 1 aliphatic rings. The van der Waals surface area contributed by atoms with Crippen LogP contribution in [0.2, 0.25) is 0 Å². The van der Waals surface area contributed by atoms with Crippen molar-refractivity contribution >= 4 is 11.9 Å². The van der Waals surface area contributed by atoms with E-state index in [2.05, 4.69) is 21.1 Å². The van der Waals surface area contributed by atoms with Gasteiger partial charge in [-0.15, -0.1) is 0 Å². The second-order valence-corrected chi connectivity index (χ2v) is 2.19. The normalized spacial score (nSPS) is 20.2. The lowest BCUT2D eigenvalue weighted by atomic mass is 10.2. The summed E-state index contributed by atoms with van der Waals surface area (Å²) in [5.41, 5.74) is 0.0295. The van der Waals surface area contributed by atoms with Gasteiger partial charge in [-0.1, -0.05) is 6.58 Å². The monoisotopic (exact) mass is 172 g/mol. The van der Waals surface area contributed by atoms with E-state index in [-0.39, 0.29) is 25.2 Å². The van der Waals surface area contributed by atoms with Crippen LogP contribution in [-0.2, 0) is 24.1 Å². The molecule has 0 aromatic carbocycles. The molecular weight excluding hydrogens is 164 g/mol. The van der Waals surface area contributed by atoms with Crippen molar-refractivity contribution in [1.29, 1.82) is 0 Å². The van der Waals surface area contributed by atoms with Gasteiger partial charge in [0.15, 0.2) is 0 Å². The van der Waals surface area contributed by atoms with Crippen LogP contribution in [0.1, 0.15) is 6.42 Å². The minimum Gasteiger partial charge on any atom is -0.463 e. The summed E-state index contributed by atoms with van der Waals surface area (Å²) >= 11 is 0. The zero-order valence-electron chi connectivity index (χ0n) is 6.37. The Labute approximate surface area is 68.8 Å². The van der Waals surface area contributed by atoms with E-state index >= 15 is 0 Å². The van der Waals surface area contributed by atoms with Gasteiger partial charge >= 0.3 is 11.9 Å². The predicted octanol–water partition coefficient (Wildman–Crippen LogP) is -0.0357. The molecule has 0 unspecified atom stereocenters. The Kier molecular flexibility index (Phi) is 2.82. The molecule has 0 spiro atoms. The number of hydrogen-bond donors (Lipinski definition) is 0. The van der Waals surface area contributed by atoms with Gasteiger partial charge in [-0.3, -0.25) is 9.68 Å². The first-order valence-corrected chi connectivity index (χ1v) is 3.37. The molecule has 1 heterocycles. The Morgan fingerprint density at radius 1 is 1.25 bits per heavy atom. The molecule has 0 saturated carbocycles. The van der Waals surface area contributed by atoms with Crippen LogP contribution in [0.25, 0.3) is 0 Å². The van der Waals surface area contributed by atoms with E-state index in [0.29, 0.717) is 0 Å². The molecule has 0 bridgehead atoms. The topological polar surface area (TPSA) is 61.8 Å². The summed E-state index contributed by atoms with van der Waals surface area (Å²) in [4.78, 5) is 30.3. The van der Waals surface area contributed by atoms with Gasteiger partial charge in [0.05, 0.1) is 6.42 Å². The van der Waals surface area contributed by atoms with Gasteiger partial charge in [0.2, 0.25) is 0 Å². The lowest BCUT2D eigenvalue weighted by molar-refractivity contribution is -0.270. The van der Waals surface area contributed by atoms with Crippen LogP contribution in [0.3, 0.4) is 0 Å². The van der Waals surface area contributed by atoms with Crippen molar-refractivity contribution in [3.05, 3.63) is 12.2 Å². The quantitative estimate of drug-likeness (QED) is 0.291. The van der Waals surface area contributed by atoms with E-state index in [1.807, 2.05) is 0 Å². The molecule has 12 heavy (non-hydrogen) atoms. The number of carbonyl (C=O) groups is 2. The van der Waals surface area contributed by atoms with Gasteiger partial charge in [-0.2, -0.15) is 4.89 Å². The van der Waals surface area contributed by atoms with E-state index in [1.165, 1.54) is 0 Å². The molecule has 0 aromatic rings. The smallest absolute Gasteiger partial charge is 0.369 e. The molecule has 0 atom stereocenters. The van der Waals surface area contributed by atoms with E-state index < -0.39 is 11.9 Å². The third-order valence-electron chi connectivity index (χ3n) is 1.21. The highest BCUT2D eigenvalue weighted by Gasteiger charge is 2.17. The molecule has 0 aromatic heterocycles. The maximum Gasteiger partial charge on any atom is 0.369 e. The second-order valence-electron chi connectivity index (χ2n) is 2.19.